The standard InChI is InChI=1S/C19H25NOS/c1-18(2,3)20(19(4,5)6)17(21)22-16-13-9-11-14-10-7-8-12-15(14)16/h7-13H,1-6H3. The van der Waals surface area contributed by atoms with Crippen molar-refractivity contribution in [3.63, 3.8) is 0 Å². The van der Waals surface area contributed by atoms with E-state index >= 15 is 0 Å². The molecule has 0 saturated carbocycles. The minimum atomic E-state index is -0.215. The molecule has 0 aliphatic heterocycles. The van der Waals surface area contributed by atoms with Gasteiger partial charge in [0.1, 0.15) is 0 Å². The van der Waals surface area contributed by atoms with Crippen LogP contribution < -0.4 is 0 Å². The normalized spacial score (nSPS) is 12.5. The second-order valence-electron chi connectivity index (χ2n) is 7.52. The quantitative estimate of drug-likeness (QED) is 0.606. The Labute approximate surface area is 137 Å². The topological polar surface area (TPSA) is 20.3 Å². The van der Waals surface area contributed by atoms with Gasteiger partial charge in [0, 0.05) is 16.0 Å². The monoisotopic (exact) mass is 315 g/mol. The summed E-state index contributed by atoms with van der Waals surface area (Å²) < 4.78 is 0. The van der Waals surface area contributed by atoms with Crippen LogP contribution >= 0.6 is 11.8 Å². The fourth-order valence-electron chi connectivity index (χ4n) is 2.98. The number of benzene rings is 2. The first-order chi connectivity index (χ1) is 10.1. The van der Waals surface area contributed by atoms with Crippen LogP contribution in [0.2, 0.25) is 0 Å². The van der Waals surface area contributed by atoms with Gasteiger partial charge in [0.25, 0.3) is 5.24 Å². The molecule has 0 unspecified atom stereocenters. The summed E-state index contributed by atoms with van der Waals surface area (Å²) in [5, 5.41) is 2.39. The summed E-state index contributed by atoms with van der Waals surface area (Å²) in [7, 11) is 0. The molecule has 2 nitrogen and oxygen atoms in total. The number of rotatable bonds is 1. The third-order valence-electron chi connectivity index (χ3n) is 3.47. The van der Waals surface area contributed by atoms with Crippen LogP contribution in [0.4, 0.5) is 4.79 Å². The summed E-state index contributed by atoms with van der Waals surface area (Å²) >= 11 is 1.32. The zero-order valence-electron chi connectivity index (χ0n) is 14.3. The number of hydrogen-bond acceptors (Lipinski definition) is 2. The largest absolute Gasteiger partial charge is 0.324 e. The summed E-state index contributed by atoms with van der Waals surface area (Å²) in [5.74, 6) is 0. The summed E-state index contributed by atoms with van der Waals surface area (Å²) in [4.78, 5) is 15.9. The van der Waals surface area contributed by atoms with E-state index in [-0.39, 0.29) is 16.3 Å². The zero-order chi connectivity index (χ0) is 16.5. The zero-order valence-corrected chi connectivity index (χ0v) is 15.1. The van der Waals surface area contributed by atoms with Crippen LogP contribution in [0.1, 0.15) is 41.5 Å². The lowest BCUT2D eigenvalue weighted by Gasteiger charge is -2.45. The van der Waals surface area contributed by atoms with Crippen molar-refractivity contribution in [2.75, 3.05) is 0 Å². The summed E-state index contributed by atoms with van der Waals surface area (Å²) in [6, 6.07) is 14.3. The minimum absolute atomic E-state index is 0.0938. The van der Waals surface area contributed by atoms with Gasteiger partial charge in [-0.2, -0.15) is 0 Å². The SMILES string of the molecule is CC(C)(C)N(C(=O)Sc1cccc2ccccc12)C(C)(C)C. The highest BCUT2D eigenvalue weighted by atomic mass is 32.2. The van der Waals surface area contributed by atoms with Gasteiger partial charge in [-0.05, 0) is 70.1 Å². The van der Waals surface area contributed by atoms with Crippen molar-refractivity contribution in [2.24, 2.45) is 0 Å². The van der Waals surface area contributed by atoms with Crippen molar-refractivity contribution in [3.05, 3.63) is 42.5 Å². The molecule has 3 heteroatoms. The molecule has 0 aromatic heterocycles. The fourth-order valence-corrected chi connectivity index (χ4v) is 4.25. The minimum Gasteiger partial charge on any atom is -0.324 e. The molecule has 0 radical (unpaired) electrons. The molecule has 0 aliphatic rings. The first-order valence-corrected chi connectivity index (χ1v) is 8.42. The number of nitrogens with zero attached hydrogens (tertiary/aromatic N) is 1. The number of carbonyl (C=O) groups excluding carboxylic acids is 1. The van der Waals surface area contributed by atoms with E-state index < -0.39 is 0 Å². The summed E-state index contributed by atoms with van der Waals surface area (Å²) in [6.45, 7) is 12.5. The van der Waals surface area contributed by atoms with Crippen molar-refractivity contribution >= 4 is 27.8 Å². The molecular weight excluding hydrogens is 290 g/mol. The maximum Gasteiger partial charge on any atom is 0.287 e. The van der Waals surface area contributed by atoms with E-state index in [4.69, 9.17) is 0 Å². The molecule has 2 aromatic carbocycles. The molecule has 0 N–H and O–H groups in total. The van der Waals surface area contributed by atoms with Gasteiger partial charge in [0.2, 0.25) is 0 Å². The van der Waals surface area contributed by atoms with Gasteiger partial charge in [-0.3, -0.25) is 4.79 Å². The average molecular weight is 315 g/mol. The van der Waals surface area contributed by atoms with E-state index in [2.05, 4.69) is 59.7 Å². The van der Waals surface area contributed by atoms with Crippen molar-refractivity contribution < 1.29 is 4.79 Å². The first-order valence-electron chi connectivity index (χ1n) is 7.60. The molecule has 2 rings (SSSR count). The van der Waals surface area contributed by atoms with Gasteiger partial charge in [-0.1, -0.05) is 36.4 Å². The molecule has 0 aliphatic carbocycles. The van der Waals surface area contributed by atoms with Crippen molar-refractivity contribution in [2.45, 2.75) is 57.5 Å². The van der Waals surface area contributed by atoms with E-state index in [0.717, 1.165) is 10.3 Å². The van der Waals surface area contributed by atoms with E-state index in [1.807, 2.05) is 29.2 Å². The second-order valence-corrected chi connectivity index (χ2v) is 8.52. The smallest absolute Gasteiger partial charge is 0.287 e. The fraction of sp³-hybridized carbons (Fsp3) is 0.421. The molecule has 0 atom stereocenters. The number of fused-ring (bicyclic) bond motifs is 1. The van der Waals surface area contributed by atoms with Gasteiger partial charge in [0.15, 0.2) is 0 Å². The highest BCUT2D eigenvalue weighted by molar-refractivity contribution is 8.13. The van der Waals surface area contributed by atoms with E-state index in [0.29, 0.717) is 0 Å². The van der Waals surface area contributed by atoms with E-state index in [1.165, 1.54) is 17.1 Å². The van der Waals surface area contributed by atoms with Crippen molar-refractivity contribution in [1.82, 2.24) is 4.90 Å². The molecule has 0 bridgehead atoms. The summed E-state index contributed by atoms with van der Waals surface area (Å²) in [6.07, 6.45) is 0. The second kappa shape index (κ2) is 5.96. The molecule has 118 valence electrons. The molecule has 2 aromatic rings. The molecule has 0 heterocycles. The van der Waals surface area contributed by atoms with Gasteiger partial charge in [-0.25, -0.2) is 0 Å². The maximum absolute atomic E-state index is 12.9. The Kier molecular flexibility index (Phi) is 4.57. The number of carbonyl (C=O) groups is 1. The van der Waals surface area contributed by atoms with Crippen LogP contribution in [0, 0.1) is 0 Å². The molecule has 0 spiro atoms. The number of hydrogen-bond donors (Lipinski definition) is 0. The average Bonchev–Trinajstić information content (AvgIpc) is 2.35. The lowest BCUT2D eigenvalue weighted by atomic mass is 9.97. The van der Waals surface area contributed by atoms with Crippen LogP contribution in [0.3, 0.4) is 0 Å². The Bertz CT molecular complexity index is 660. The van der Waals surface area contributed by atoms with Crippen LogP contribution in [-0.2, 0) is 0 Å². The Balaban J connectivity index is 2.37. The molecule has 1 amide bonds. The molecular formula is C19H25NOS. The number of thioether (sulfide) groups is 1. The van der Waals surface area contributed by atoms with Crippen LogP contribution in [0.25, 0.3) is 10.8 Å². The van der Waals surface area contributed by atoms with Gasteiger partial charge in [-0.15, -0.1) is 0 Å². The predicted octanol–water partition coefficient (Wildman–Crippen LogP) is 5.95. The van der Waals surface area contributed by atoms with Gasteiger partial charge >= 0.3 is 0 Å². The molecule has 0 fully saturated rings. The Morgan fingerprint density at radius 1 is 0.864 bits per heavy atom. The van der Waals surface area contributed by atoms with Crippen LogP contribution in [-0.4, -0.2) is 21.2 Å². The predicted molar refractivity (Wildman–Crippen MR) is 96.5 cm³/mol. The molecule has 0 saturated heterocycles. The molecule has 22 heavy (non-hydrogen) atoms. The van der Waals surface area contributed by atoms with E-state index in [9.17, 15) is 4.79 Å². The van der Waals surface area contributed by atoms with Crippen molar-refractivity contribution in [1.29, 1.82) is 0 Å². The highest BCUT2D eigenvalue weighted by Crippen LogP contribution is 2.35. The summed E-state index contributed by atoms with van der Waals surface area (Å²) in [5.41, 5.74) is -0.431. The Morgan fingerprint density at radius 3 is 2.00 bits per heavy atom. The lowest BCUT2D eigenvalue weighted by Crippen LogP contribution is -2.54. The third kappa shape index (κ3) is 3.64. The first kappa shape index (κ1) is 16.9. The van der Waals surface area contributed by atoms with Crippen molar-refractivity contribution in [3.8, 4) is 0 Å². The maximum atomic E-state index is 12.9. The Morgan fingerprint density at radius 2 is 1.41 bits per heavy atom. The Hall–Kier alpha value is -1.48. The van der Waals surface area contributed by atoms with E-state index in [1.54, 1.807) is 0 Å². The third-order valence-corrected chi connectivity index (χ3v) is 4.40. The lowest BCUT2D eigenvalue weighted by molar-refractivity contribution is 0.0908. The van der Waals surface area contributed by atoms with Gasteiger partial charge < -0.3 is 4.90 Å². The number of amides is 1. The van der Waals surface area contributed by atoms with Crippen LogP contribution in [0.5, 0.6) is 0 Å². The van der Waals surface area contributed by atoms with Gasteiger partial charge in [0.05, 0.1) is 0 Å². The van der Waals surface area contributed by atoms with Crippen LogP contribution in [0.15, 0.2) is 47.4 Å². The highest BCUT2D eigenvalue weighted by Gasteiger charge is 2.36.